The summed E-state index contributed by atoms with van der Waals surface area (Å²) in [5.41, 5.74) is 3.19. The number of methoxy groups -OCH3 is 1. The zero-order chi connectivity index (χ0) is 25.9. The Morgan fingerprint density at radius 1 is 0.750 bits per heavy atom. The molecule has 0 radical (unpaired) electrons. The minimum Gasteiger partial charge on any atom is -0.493 e. The summed E-state index contributed by atoms with van der Waals surface area (Å²) in [5.74, 6) is 0.645. The summed E-state index contributed by atoms with van der Waals surface area (Å²) in [6.07, 6.45) is 0.483. The number of carbonyl (C=O) groups excluding carboxylic acids is 3. The van der Waals surface area contributed by atoms with E-state index < -0.39 is 11.9 Å². The molecule has 36 heavy (non-hydrogen) atoms. The van der Waals surface area contributed by atoms with Crippen LogP contribution in [0, 0.1) is 13.8 Å². The number of para-hydroxylation sites is 3. The van der Waals surface area contributed by atoms with Crippen molar-refractivity contribution in [1.29, 1.82) is 0 Å². The molecule has 0 aromatic heterocycles. The molecule has 2 amide bonds. The maximum atomic E-state index is 12.2. The number of rotatable bonds is 11. The van der Waals surface area contributed by atoms with Gasteiger partial charge in [-0.15, -0.1) is 0 Å². The first-order valence-corrected chi connectivity index (χ1v) is 11.6. The Labute approximate surface area is 210 Å². The fourth-order valence-corrected chi connectivity index (χ4v) is 3.46. The summed E-state index contributed by atoms with van der Waals surface area (Å²) >= 11 is 0. The van der Waals surface area contributed by atoms with Crippen LogP contribution in [0.3, 0.4) is 0 Å². The molecule has 0 aliphatic heterocycles. The number of aryl methyl sites for hydroxylation is 2. The van der Waals surface area contributed by atoms with Crippen molar-refractivity contribution >= 4 is 29.2 Å². The summed E-state index contributed by atoms with van der Waals surface area (Å²) in [7, 11) is 1.57. The van der Waals surface area contributed by atoms with Gasteiger partial charge in [0.05, 0.1) is 7.11 Å². The van der Waals surface area contributed by atoms with E-state index >= 15 is 0 Å². The Bertz CT molecular complexity index is 1190. The van der Waals surface area contributed by atoms with Crippen molar-refractivity contribution < 1.29 is 28.6 Å². The number of ether oxygens (including phenoxy) is 3. The second kappa shape index (κ2) is 12.9. The van der Waals surface area contributed by atoms with Crippen LogP contribution in [0.25, 0.3) is 0 Å². The van der Waals surface area contributed by atoms with Crippen molar-refractivity contribution in [3.05, 3.63) is 77.9 Å². The van der Waals surface area contributed by atoms with Gasteiger partial charge < -0.3 is 24.8 Å². The van der Waals surface area contributed by atoms with E-state index in [4.69, 9.17) is 14.2 Å². The Balaban J connectivity index is 1.36. The van der Waals surface area contributed by atoms with Crippen LogP contribution in [0.5, 0.6) is 17.2 Å². The van der Waals surface area contributed by atoms with E-state index in [9.17, 15) is 14.4 Å². The molecule has 2 N–H and O–H groups in total. The third-order valence-corrected chi connectivity index (χ3v) is 5.33. The van der Waals surface area contributed by atoms with Crippen LogP contribution in [0.1, 0.15) is 30.4 Å². The maximum absolute atomic E-state index is 12.2. The zero-order valence-corrected chi connectivity index (χ0v) is 20.6. The van der Waals surface area contributed by atoms with E-state index in [-0.39, 0.29) is 25.4 Å². The summed E-state index contributed by atoms with van der Waals surface area (Å²) in [5, 5.41) is 5.55. The molecule has 0 saturated carbocycles. The number of amides is 2. The van der Waals surface area contributed by atoms with Gasteiger partial charge in [0.1, 0.15) is 5.75 Å². The summed E-state index contributed by atoms with van der Waals surface area (Å²) in [6, 6.07) is 19.9. The number of benzene rings is 3. The van der Waals surface area contributed by atoms with E-state index in [0.29, 0.717) is 29.4 Å². The minimum absolute atomic E-state index is 0.0375. The summed E-state index contributed by atoms with van der Waals surface area (Å²) < 4.78 is 16.1. The number of nitrogens with one attached hydrogen (secondary N) is 2. The molecule has 0 heterocycles. The van der Waals surface area contributed by atoms with Crippen LogP contribution < -0.4 is 20.1 Å². The molecular weight excluding hydrogens is 460 g/mol. The largest absolute Gasteiger partial charge is 0.493 e. The average molecular weight is 491 g/mol. The molecule has 0 bridgehead atoms. The Morgan fingerprint density at radius 2 is 1.42 bits per heavy atom. The lowest BCUT2D eigenvalue weighted by molar-refractivity contribution is -0.147. The van der Waals surface area contributed by atoms with Gasteiger partial charge in [0.25, 0.3) is 5.91 Å². The molecule has 188 valence electrons. The van der Waals surface area contributed by atoms with Crippen molar-refractivity contribution in [3.8, 4) is 17.2 Å². The Morgan fingerprint density at radius 3 is 2.08 bits per heavy atom. The fourth-order valence-electron chi connectivity index (χ4n) is 3.46. The van der Waals surface area contributed by atoms with Crippen LogP contribution >= 0.6 is 0 Å². The molecule has 0 fully saturated rings. The molecule has 0 atom stereocenters. The standard InChI is InChI=1S/C28H30N2O6/c1-19-8-6-9-20(2)28(19)30-26(32)18-35-27(33)13-7-12-25(31)29-21-14-16-22(17-15-21)36-24-11-5-4-10-23(24)34-3/h4-6,8-11,14-17H,7,12-13,18H2,1-3H3,(H,29,31)(H,30,32). The molecular formula is C28H30N2O6. The lowest BCUT2D eigenvalue weighted by atomic mass is 10.1. The normalized spacial score (nSPS) is 10.3. The molecule has 0 saturated heterocycles. The zero-order valence-electron chi connectivity index (χ0n) is 20.6. The van der Waals surface area contributed by atoms with Crippen molar-refractivity contribution in [3.63, 3.8) is 0 Å². The number of hydrogen-bond acceptors (Lipinski definition) is 6. The molecule has 8 heteroatoms. The number of hydrogen-bond donors (Lipinski definition) is 2. The number of anilines is 2. The third kappa shape index (κ3) is 7.87. The molecule has 3 aromatic carbocycles. The van der Waals surface area contributed by atoms with E-state index in [0.717, 1.165) is 16.8 Å². The van der Waals surface area contributed by atoms with Gasteiger partial charge in [0.15, 0.2) is 18.1 Å². The van der Waals surface area contributed by atoms with Gasteiger partial charge in [-0.05, 0) is 67.8 Å². The van der Waals surface area contributed by atoms with Crippen molar-refractivity contribution in [1.82, 2.24) is 0 Å². The van der Waals surface area contributed by atoms with Crippen molar-refractivity contribution in [2.24, 2.45) is 0 Å². The van der Waals surface area contributed by atoms with Crippen molar-refractivity contribution in [2.75, 3.05) is 24.4 Å². The van der Waals surface area contributed by atoms with E-state index in [1.54, 1.807) is 43.5 Å². The lowest BCUT2D eigenvalue weighted by Crippen LogP contribution is -2.22. The van der Waals surface area contributed by atoms with Gasteiger partial charge in [-0.2, -0.15) is 0 Å². The van der Waals surface area contributed by atoms with E-state index in [1.807, 2.05) is 44.2 Å². The first-order chi connectivity index (χ1) is 17.4. The Kier molecular flexibility index (Phi) is 9.45. The van der Waals surface area contributed by atoms with E-state index in [2.05, 4.69) is 10.6 Å². The maximum Gasteiger partial charge on any atom is 0.306 e. The monoisotopic (exact) mass is 490 g/mol. The predicted octanol–water partition coefficient (Wildman–Crippen LogP) is 5.40. The van der Waals surface area contributed by atoms with Crippen LogP contribution in [0.4, 0.5) is 11.4 Å². The third-order valence-electron chi connectivity index (χ3n) is 5.33. The van der Waals surface area contributed by atoms with Crippen molar-refractivity contribution in [2.45, 2.75) is 33.1 Å². The highest BCUT2D eigenvalue weighted by atomic mass is 16.5. The first kappa shape index (κ1) is 26.3. The smallest absolute Gasteiger partial charge is 0.306 e. The van der Waals surface area contributed by atoms with Crippen LogP contribution in [0.2, 0.25) is 0 Å². The van der Waals surface area contributed by atoms with Crippen LogP contribution in [-0.4, -0.2) is 31.5 Å². The van der Waals surface area contributed by atoms with Gasteiger partial charge in [0.2, 0.25) is 5.91 Å². The highest BCUT2D eigenvalue weighted by Crippen LogP contribution is 2.31. The number of esters is 1. The fraction of sp³-hybridized carbons (Fsp3) is 0.250. The van der Waals surface area contributed by atoms with Gasteiger partial charge in [-0.1, -0.05) is 30.3 Å². The van der Waals surface area contributed by atoms with Crippen LogP contribution in [0.15, 0.2) is 66.7 Å². The average Bonchev–Trinajstić information content (AvgIpc) is 2.86. The molecule has 0 spiro atoms. The van der Waals surface area contributed by atoms with Gasteiger partial charge in [-0.25, -0.2) is 0 Å². The molecule has 3 rings (SSSR count). The first-order valence-electron chi connectivity index (χ1n) is 11.6. The molecule has 0 aliphatic rings. The van der Waals surface area contributed by atoms with Gasteiger partial charge in [0, 0.05) is 24.2 Å². The molecule has 0 unspecified atom stereocenters. The quantitative estimate of drug-likeness (QED) is 0.349. The topological polar surface area (TPSA) is 103 Å². The van der Waals surface area contributed by atoms with Crippen LogP contribution in [-0.2, 0) is 19.1 Å². The summed E-state index contributed by atoms with van der Waals surface area (Å²) in [6.45, 7) is 3.41. The van der Waals surface area contributed by atoms with Gasteiger partial charge >= 0.3 is 5.97 Å². The second-order valence-electron chi connectivity index (χ2n) is 8.15. The van der Waals surface area contributed by atoms with Gasteiger partial charge in [-0.3, -0.25) is 14.4 Å². The predicted molar refractivity (Wildman–Crippen MR) is 137 cm³/mol. The molecule has 3 aromatic rings. The highest BCUT2D eigenvalue weighted by Gasteiger charge is 2.12. The minimum atomic E-state index is -0.530. The molecule has 0 aliphatic carbocycles. The lowest BCUT2D eigenvalue weighted by Gasteiger charge is -2.11. The highest BCUT2D eigenvalue weighted by molar-refractivity contribution is 5.94. The Hall–Kier alpha value is -4.33. The second-order valence-corrected chi connectivity index (χ2v) is 8.15. The van der Waals surface area contributed by atoms with E-state index in [1.165, 1.54) is 0 Å². The molecule has 8 nitrogen and oxygen atoms in total. The summed E-state index contributed by atoms with van der Waals surface area (Å²) in [4.78, 5) is 36.3. The SMILES string of the molecule is COc1ccccc1Oc1ccc(NC(=O)CCCC(=O)OCC(=O)Nc2c(C)cccc2C)cc1. The number of carbonyl (C=O) groups is 3.